The summed E-state index contributed by atoms with van der Waals surface area (Å²) < 4.78 is 30.5. The monoisotopic (exact) mass is 457 g/mol. The summed E-state index contributed by atoms with van der Waals surface area (Å²) in [6.07, 6.45) is 1.13. The van der Waals surface area contributed by atoms with E-state index >= 15 is 0 Å². The molecule has 0 radical (unpaired) electrons. The number of hydrogen-bond donors (Lipinski definition) is 1. The third-order valence-corrected chi connectivity index (χ3v) is 6.25. The van der Waals surface area contributed by atoms with Crippen LogP contribution in [-0.2, 0) is 18.4 Å². The van der Waals surface area contributed by atoms with E-state index < -0.39 is 6.43 Å². The molecule has 11 heteroatoms. The molecule has 1 aliphatic rings. The number of fused-ring (bicyclic) bond motifs is 1. The Hall–Kier alpha value is -3.21. The fraction of sp³-hybridized carbons (Fsp3) is 0.381. The van der Waals surface area contributed by atoms with Gasteiger partial charge < -0.3 is 5.32 Å². The lowest BCUT2D eigenvalue weighted by Crippen LogP contribution is -2.19. The molecule has 1 aliphatic carbocycles. The Morgan fingerprint density at radius 1 is 1.25 bits per heavy atom. The quantitative estimate of drug-likeness (QED) is 0.465. The predicted molar refractivity (Wildman–Crippen MR) is 117 cm³/mol. The lowest BCUT2D eigenvalue weighted by molar-refractivity contribution is -0.116. The number of carbonyl (C=O) groups excluding carboxylic acids is 1. The third-order valence-electron chi connectivity index (χ3n) is 5.49. The number of halogens is 2. The Balaban J connectivity index is 1.40. The number of carbonyl (C=O) groups is 1. The summed E-state index contributed by atoms with van der Waals surface area (Å²) in [5.74, 6) is -0.144. The van der Waals surface area contributed by atoms with Gasteiger partial charge in [-0.3, -0.25) is 9.48 Å². The van der Waals surface area contributed by atoms with E-state index in [1.54, 1.807) is 11.6 Å². The smallest absolute Gasteiger partial charge is 0.264 e. The fourth-order valence-corrected chi connectivity index (χ4v) is 4.61. The maximum absolute atomic E-state index is 13.7. The molecule has 4 aromatic heterocycles. The molecule has 1 amide bonds. The van der Waals surface area contributed by atoms with Gasteiger partial charge in [-0.2, -0.15) is 10.2 Å². The van der Waals surface area contributed by atoms with Crippen molar-refractivity contribution in [2.24, 2.45) is 7.05 Å². The fourth-order valence-electron chi connectivity index (χ4n) is 3.88. The minimum Gasteiger partial charge on any atom is -0.300 e. The second kappa shape index (κ2) is 7.73. The van der Waals surface area contributed by atoms with Crippen LogP contribution in [0.5, 0.6) is 0 Å². The summed E-state index contributed by atoms with van der Waals surface area (Å²) in [5.41, 5.74) is 3.80. The molecule has 0 unspecified atom stereocenters. The molecule has 0 spiro atoms. The van der Waals surface area contributed by atoms with Gasteiger partial charge in [0.15, 0.2) is 10.8 Å². The second-order valence-electron chi connectivity index (χ2n) is 8.04. The van der Waals surface area contributed by atoms with Gasteiger partial charge in [0.2, 0.25) is 5.91 Å². The molecule has 1 fully saturated rings. The van der Waals surface area contributed by atoms with Gasteiger partial charge in [0.25, 0.3) is 6.43 Å². The Kier molecular flexibility index (Phi) is 5.00. The normalized spacial score (nSPS) is 13.9. The first-order valence-corrected chi connectivity index (χ1v) is 11.1. The third kappa shape index (κ3) is 3.77. The van der Waals surface area contributed by atoms with E-state index in [9.17, 15) is 13.6 Å². The molecule has 32 heavy (non-hydrogen) atoms. The molecule has 4 aromatic rings. The van der Waals surface area contributed by atoms with Crippen LogP contribution in [0.4, 0.5) is 13.9 Å². The van der Waals surface area contributed by atoms with Crippen LogP contribution in [0.25, 0.3) is 22.3 Å². The minimum absolute atomic E-state index is 0.0718. The van der Waals surface area contributed by atoms with Crippen molar-refractivity contribution >= 4 is 33.4 Å². The lowest BCUT2D eigenvalue weighted by Gasteiger charge is -2.08. The molecule has 166 valence electrons. The molecule has 0 atom stereocenters. The minimum atomic E-state index is -2.63. The molecule has 1 saturated carbocycles. The number of nitrogens with zero attached hydrogens (tertiary/aromatic N) is 6. The Morgan fingerprint density at radius 3 is 2.69 bits per heavy atom. The predicted octanol–water partition coefficient (Wildman–Crippen LogP) is 4.36. The number of alkyl halides is 2. The number of aryl methyl sites for hydroxylation is 3. The van der Waals surface area contributed by atoms with E-state index in [0.29, 0.717) is 27.6 Å². The van der Waals surface area contributed by atoms with Crippen LogP contribution < -0.4 is 5.32 Å². The van der Waals surface area contributed by atoms with Gasteiger partial charge >= 0.3 is 0 Å². The first kappa shape index (κ1) is 20.7. The van der Waals surface area contributed by atoms with Gasteiger partial charge in [-0.05, 0) is 32.8 Å². The Labute approximate surface area is 186 Å². The molecule has 0 aliphatic heterocycles. The topological polar surface area (TPSA) is 90.5 Å². The molecule has 8 nitrogen and oxygen atoms in total. The van der Waals surface area contributed by atoms with Gasteiger partial charge in [0.1, 0.15) is 6.54 Å². The summed E-state index contributed by atoms with van der Waals surface area (Å²) in [5, 5.41) is 14.0. The van der Waals surface area contributed by atoms with Crippen molar-refractivity contribution in [1.29, 1.82) is 0 Å². The maximum Gasteiger partial charge on any atom is 0.264 e. The lowest BCUT2D eigenvalue weighted by atomic mass is 10.1. The highest BCUT2D eigenvalue weighted by Gasteiger charge is 2.29. The van der Waals surface area contributed by atoms with E-state index in [4.69, 9.17) is 0 Å². The van der Waals surface area contributed by atoms with Crippen molar-refractivity contribution in [2.45, 2.75) is 45.6 Å². The summed E-state index contributed by atoms with van der Waals surface area (Å²) in [6, 6.07) is 1.49. The molecule has 0 saturated heterocycles. The maximum atomic E-state index is 13.7. The van der Waals surface area contributed by atoms with E-state index in [-0.39, 0.29) is 23.9 Å². The van der Waals surface area contributed by atoms with Crippen LogP contribution >= 0.6 is 11.3 Å². The number of nitrogens with one attached hydrogen (secondary N) is 1. The number of thiazole rings is 1. The van der Waals surface area contributed by atoms with Crippen LogP contribution in [0.3, 0.4) is 0 Å². The van der Waals surface area contributed by atoms with Crippen molar-refractivity contribution < 1.29 is 13.6 Å². The van der Waals surface area contributed by atoms with Gasteiger partial charge in [0, 0.05) is 41.4 Å². The molecule has 5 rings (SSSR count). The van der Waals surface area contributed by atoms with Gasteiger partial charge in [0.05, 0.1) is 22.5 Å². The standard InChI is InChI=1S/C21H21F2N7OS/c1-10-14(7-29(3)27-10)16-9-32-21(25-16)26-17(31)8-30-20-18(11(2)28-30)13(19(22)23)6-15(24-20)12-4-5-12/h6-7,9,12,19H,4-5,8H2,1-3H3,(H,25,26,31). The number of hydrogen-bond acceptors (Lipinski definition) is 6. The highest BCUT2D eigenvalue weighted by molar-refractivity contribution is 7.14. The summed E-state index contributed by atoms with van der Waals surface area (Å²) >= 11 is 1.31. The summed E-state index contributed by atoms with van der Waals surface area (Å²) in [6.45, 7) is 3.41. The van der Waals surface area contributed by atoms with Crippen molar-refractivity contribution in [1.82, 2.24) is 29.5 Å². The molecule has 0 aromatic carbocycles. The van der Waals surface area contributed by atoms with Crippen molar-refractivity contribution in [2.75, 3.05) is 5.32 Å². The number of amides is 1. The van der Waals surface area contributed by atoms with Gasteiger partial charge in [-0.25, -0.2) is 23.4 Å². The van der Waals surface area contributed by atoms with E-state index in [1.165, 1.54) is 22.1 Å². The van der Waals surface area contributed by atoms with E-state index in [1.807, 2.05) is 25.5 Å². The summed E-state index contributed by atoms with van der Waals surface area (Å²) in [7, 11) is 1.84. The van der Waals surface area contributed by atoms with Crippen molar-refractivity contribution in [3.05, 3.63) is 40.3 Å². The SMILES string of the molecule is Cc1nn(C)cc1-c1csc(NC(=O)Cn2nc(C)c3c(C(F)F)cc(C4CC4)nc32)n1. The first-order valence-electron chi connectivity index (χ1n) is 10.2. The molecular weight excluding hydrogens is 436 g/mol. The molecule has 1 N–H and O–H groups in total. The molecule has 4 heterocycles. The van der Waals surface area contributed by atoms with Gasteiger partial charge in [-0.1, -0.05) is 0 Å². The van der Waals surface area contributed by atoms with E-state index in [0.717, 1.165) is 29.8 Å². The van der Waals surface area contributed by atoms with Crippen LogP contribution in [0.1, 0.15) is 47.8 Å². The number of anilines is 1. The molecule has 0 bridgehead atoms. The Morgan fingerprint density at radius 2 is 2.03 bits per heavy atom. The van der Waals surface area contributed by atoms with Crippen LogP contribution in [-0.4, -0.2) is 35.4 Å². The van der Waals surface area contributed by atoms with E-state index in [2.05, 4.69) is 25.5 Å². The van der Waals surface area contributed by atoms with Crippen LogP contribution in [0.15, 0.2) is 17.6 Å². The zero-order valence-corrected chi connectivity index (χ0v) is 18.6. The van der Waals surface area contributed by atoms with Crippen LogP contribution in [0, 0.1) is 13.8 Å². The highest BCUT2D eigenvalue weighted by atomic mass is 32.1. The number of aromatic nitrogens is 6. The highest BCUT2D eigenvalue weighted by Crippen LogP contribution is 2.42. The number of rotatable bonds is 6. The summed E-state index contributed by atoms with van der Waals surface area (Å²) in [4.78, 5) is 21.8. The average Bonchev–Trinajstić information content (AvgIpc) is 3.29. The second-order valence-corrected chi connectivity index (χ2v) is 8.90. The average molecular weight is 458 g/mol. The number of pyridine rings is 1. The van der Waals surface area contributed by atoms with Gasteiger partial charge in [-0.15, -0.1) is 11.3 Å². The first-order chi connectivity index (χ1) is 15.3. The zero-order chi connectivity index (χ0) is 22.6. The zero-order valence-electron chi connectivity index (χ0n) is 17.8. The van der Waals surface area contributed by atoms with Crippen molar-refractivity contribution in [3.8, 4) is 11.3 Å². The molecular formula is C21H21F2N7OS. The van der Waals surface area contributed by atoms with Crippen molar-refractivity contribution in [3.63, 3.8) is 0 Å². The Bertz CT molecular complexity index is 1340. The van der Waals surface area contributed by atoms with Crippen LogP contribution in [0.2, 0.25) is 0 Å². The largest absolute Gasteiger partial charge is 0.300 e.